The lowest BCUT2D eigenvalue weighted by Gasteiger charge is -2.30. The highest BCUT2D eigenvalue weighted by Crippen LogP contribution is 2.64. The van der Waals surface area contributed by atoms with Gasteiger partial charge in [-0.25, -0.2) is 15.0 Å². The van der Waals surface area contributed by atoms with Crippen LogP contribution in [0.25, 0.3) is 89.5 Å². The summed E-state index contributed by atoms with van der Waals surface area (Å²) < 4.78 is 6.80. The van der Waals surface area contributed by atoms with Crippen molar-refractivity contribution in [2.24, 2.45) is 0 Å². The average molecular weight is 802 g/mol. The fourth-order valence-corrected chi connectivity index (χ4v) is 11.2. The molecule has 292 valence electrons. The molecule has 1 atom stereocenters. The van der Waals surface area contributed by atoms with Crippen molar-refractivity contribution in [3.63, 3.8) is 0 Å². The lowest BCUT2D eigenvalue weighted by atomic mass is 9.70. The van der Waals surface area contributed by atoms with E-state index in [2.05, 4.69) is 146 Å². The molecule has 0 saturated heterocycles. The van der Waals surface area contributed by atoms with Crippen LogP contribution in [0, 0.1) is 0 Å². The quantitative estimate of drug-likeness (QED) is 0.178. The van der Waals surface area contributed by atoms with Crippen molar-refractivity contribution in [1.29, 1.82) is 0 Å². The van der Waals surface area contributed by atoms with Crippen LogP contribution < -0.4 is 0 Å². The fraction of sp³-hybridized carbons (Fsp3) is 0.0339. The number of hydrogen-bond donors (Lipinski definition) is 0. The predicted molar refractivity (Wildman–Crippen MR) is 253 cm³/mol. The van der Waals surface area contributed by atoms with Gasteiger partial charge in [-0.3, -0.25) is 0 Å². The van der Waals surface area contributed by atoms with Gasteiger partial charge in [0.1, 0.15) is 11.2 Å². The maximum absolute atomic E-state index is 6.80. The van der Waals surface area contributed by atoms with Crippen molar-refractivity contribution in [3.8, 4) is 67.5 Å². The highest BCUT2D eigenvalue weighted by Gasteiger charge is 2.52. The topological polar surface area (TPSA) is 51.8 Å². The molecule has 63 heavy (non-hydrogen) atoms. The molecule has 0 bridgehead atoms. The highest BCUT2D eigenvalue weighted by molar-refractivity contribution is 6.09. The second kappa shape index (κ2) is 12.9. The Kier molecular flexibility index (Phi) is 7.06. The van der Waals surface area contributed by atoms with Crippen LogP contribution in [0.2, 0.25) is 0 Å². The number of rotatable bonds is 4. The van der Waals surface area contributed by atoms with Crippen LogP contribution in [-0.2, 0) is 5.41 Å². The molecule has 0 amide bonds. The van der Waals surface area contributed by atoms with Gasteiger partial charge >= 0.3 is 0 Å². The number of fused-ring (bicyclic) bond motifs is 16. The molecule has 4 heteroatoms. The number of aromatic nitrogens is 3. The second-order valence-corrected chi connectivity index (χ2v) is 17.0. The summed E-state index contributed by atoms with van der Waals surface area (Å²) in [6, 6.07) is 74.5. The Labute approximate surface area is 363 Å². The van der Waals surface area contributed by atoms with Crippen LogP contribution in [-0.4, -0.2) is 15.0 Å². The molecule has 4 nitrogen and oxygen atoms in total. The molecule has 0 radical (unpaired) electrons. The predicted octanol–water partition coefficient (Wildman–Crippen LogP) is 14.3. The summed E-state index contributed by atoms with van der Waals surface area (Å²) in [5.41, 5.74) is 21.1. The van der Waals surface area contributed by atoms with Gasteiger partial charge in [-0.15, -0.1) is 0 Å². The van der Waals surface area contributed by atoms with Crippen molar-refractivity contribution < 1.29 is 4.42 Å². The van der Waals surface area contributed by atoms with Gasteiger partial charge in [-0.1, -0.05) is 176 Å². The van der Waals surface area contributed by atoms with Crippen molar-refractivity contribution >= 4 is 21.9 Å². The Morgan fingerprint density at radius 2 is 0.889 bits per heavy atom. The summed E-state index contributed by atoms with van der Waals surface area (Å²) in [5, 5.41) is 2.10. The van der Waals surface area contributed by atoms with Gasteiger partial charge < -0.3 is 4.42 Å². The first kappa shape index (κ1) is 34.5. The van der Waals surface area contributed by atoms with E-state index in [-0.39, 0.29) is 5.92 Å². The zero-order chi connectivity index (χ0) is 41.2. The molecule has 2 aromatic heterocycles. The van der Waals surface area contributed by atoms with E-state index in [4.69, 9.17) is 19.4 Å². The zero-order valence-corrected chi connectivity index (χ0v) is 34.0. The second-order valence-electron chi connectivity index (χ2n) is 17.0. The SMILES string of the molecule is c1ccc(-c2nc(-c3ccccc3)nc(-c3cccc4c3oc3ccc(C5c6ccccc6-c6cc7c(cc65)-c5ccccc5C75c6ccccc6-c6ccccc65)cc34)n2)cc1. The van der Waals surface area contributed by atoms with Gasteiger partial charge in [0.05, 0.1) is 11.0 Å². The summed E-state index contributed by atoms with van der Waals surface area (Å²) in [7, 11) is 0. The molecular formula is C59H35N3O. The lowest BCUT2D eigenvalue weighted by molar-refractivity contribution is 0.669. The maximum Gasteiger partial charge on any atom is 0.167 e. The normalized spacial score (nSPS) is 14.6. The van der Waals surface area contributed by atoms with E-state index in [1.165, 1.54) is 72.3 Å². The van der Waals surface area contributed by atoms with Gasteiger partial charge in [-0.2, -0.15) is 0 Å². The van der Waals surface area contributed by atoms with E-state index < -0.39 is 5.41 Å². The smallest absolute Gasteiger partial charge is 0.167 e. The van der Waals surface area contributed by atoms with Crippen molar-refractivity contribution in [3.05, 3.63) is 245 Å². The fourth-order valence-electron chi connectivity index (χ4n) is 11.2. The van der Waals surface area contributed by atoms with Gasteiger partial charge in [-0.05, 0) is 103 Å². The van der Waals surface area contributed by atoms with E-state index in [1.807, 2.05) is 60.7 Å². The molecule has 0 saturated carbocycles. The molecule has 3 aliphatic rings. The van der Waals surface area contributed by atoms with E-state index in [0.29, 0.717) is 17.5 Å². The zero-order valence-electron chi connectivity index (χ0n) is 34.0. The number of para-hydroxylation sites is 1. The van der Waals surface area contributed by atoms with Gasteiger partial charge in [0.25, 0.3) is 0 Å². The minimum absolute atomic E-state index is 0.0382. The van der Waals surface area contributed by atoms with Crippen LogP contribution in [0.5, 0.6) is 0 Å². The Balaban J connectivity index is 0.953. The van der Waals surface area contributed by atoms with E-state index in [1.54, 1.807) is 0 Å². The highest BCUT2D eigenvalue weighted by atomic mass is 16.3. The summed E-state index contributed by atoms with van der Waals surface area (Å²) >= 11 is 0. The third kappa shape index (κ3) is 4.72. The molecule has 9 aromatic carbocycles. The van der Waals surface area contributed by atoms with E-state index in [9.17, 15) is 0 Å². The lowest BCUT2D eigenvalue weighted by Crippen LogP contribution is -2.25. The average Bonchev–Trinajstić information content (AvgIpc) is 4.07. The van der Waals surface area contributed by atoms with Crippen LogP contribution in [0.3, 0.4) is 0 Å². The Bertz CT molecular complexity index is 3600. The number of benzene rings is 9. The minimum atomic E-state index is -0.393. The van der Waals surface area contributed by atoms with Gasteiger partial charge in [0.2, 0.25) is 0 Å². The van der Waals surface area contributed by atoms with E-state index >= 15 is 0 Å². The molecule has 0 N–H and O–H groups in total. The molecule has 3 aliphatic carbocycles. The van der Waals surface area contributed by atoms with Crippen molar-refractivity contribution in [1.82, 2.24) is 15.0 Å². The Morgan fingerprint density at radius 1 is 0.349 bits per heavy atom. The number of hydrogen-bond acceptors (Lipinski definition) is 4. The molecule has 11 aromatic rings. The molecule has 14 rings (SSSR count). The van der Waals surface area contributed by atoms with Gasteiger partial charge in [0, 0.05) is 27.8 Å². The van der Waals surface area contributed by atoms with Gasteiger partial charge in [0.15, 0.2) is 17.5 Å². The van der Waals surface area contributed by atoms with E-state index in [0.717, 1.165) is 38.6 Å². The first-order valence-corrected chi connectivity index (χ1v) is 21.6. The summed E-state index contributed by atoms with van der Waals surface area (Å²) in [5.74, 6) is 1.85. The number of furan rings is 1. The largest absolute Gasteiger partial charge is 0.455 e. The summed E-state index contributed by atoms with van der Waals surface area (Å²) in [6.07, 6.45) is 0. The molecule has 1 spiro atoms. The maximum atomic E-state index is 6.80. The number of nitrogens with zero attached hydrogens (tertiary/aromatic N) is 3. The summed E-state index contributed by atoms with van der Waals surface area (Å²) in [6.45, 7) is 0. The molecular weight excluding hydrogens is 767 g/mol. The van der Waals surface area contributed by atoms with Crippen LogP contribution in [0.4, 0.5) is 0 Å². The third-order valence-corrected chi connectivity index (χ3v) is 13.8. The van der Waals surface area contributed by atoms with Crippen LogP contribution >= 0.6 is 0 Å². The first-order valence-electron chi connectivity index (χ1n) is 21.6. The van der Waals surface area contributed by atoms with Crippen LogP contribution in [0.15, 0.2) is 211 Å². The monoisotopic (exact) mass is 801 g/mol. The molecule has 1 unspecified atom stereocenters. The summed E-state index contributed by atoms with van der Waals surface area (Å²) in [4.78, 5) is 15.1. The van der Waals surface area contributed by atoms with Crippen LogP contribution in [0.1, 0.15) is 44.9 Å². The Hall–Kier alpha value is -8.21. The molecule has 0 fully saturated rings. The first-order chi connectivity index (χ1) is 31.2. The standard InChI is InChI=1S/C59H35N3O/c1-3-16-35(17-4-1)56-60-57(36-18-5-2-6-19-36)62-58(61-56)44-26-15-25-43-47-32-37(30-31-53(47)63-55(43)44)54-42-24-8-7-20-38(42)45-34-52-46(33-48(45)54)41-23-11-14-29-51(41)59(52)49-27-12-9-21-39(49)40-22-10-13-28-50(40)59/h1-34,54H. The van der Waals surface area contributed by atoms with Crippen molar-refractivity contribution in [2.45, 2.75) is 11.3 Å². The molecule has 2 heterocycles. The molecule has 0 aliphatic heterocycles. The Morgan fingerprint density at radius 3 is 1.54 bits per heavy atom. The van der Waals surface area contributed by atoms with Crippen molar-refractivity contribution in [2.75, 3.05) is 0 Å². The third-order valence-electron chi connectivity index (χ3n) is 13.8. The minimum Gasteiger partial charge on any atom is -0.455 e.